The van der Waals surface area contributed by atoms with Gasteiger partial charge >= 0.3 is 0 Å². The molecule has 1 aromatic heterocycles. The van der Waals surface area contributed by atoms with Crippen LogP contribution < -0.4 is 20.5 Å². The van der Waals surface area contributed by atoms with Gasteiger partial charge in [-0.1, -0.05) is 0 Å². The fraction of sp³-hybridized carbons (Fsp3) is 0.353. The molecular formula is C17H20N2O3S. The van der Waals surface area contributed by atoms with Crippen molar-refractivity contribution in [2.24, 2.45) is 0 Å². The van der Waals surface area contributed by atoms with Gasteiger partial charge < -0.3 is 20.5 Å². The van der Waals surface area contributed by atoms with Crippen molar-refractivity contribution >= 4 is 28.6 Å². The first-order valence-corrected chi connectivity index (χ1v) is 8.39. The number of carbonyl (C=O) groups excluding carboxylic acids is 1. The summed E-state index contributed by atoms with van der Waals surface area (Å²) in [7, 11) is 0. The van der Waals surface area contributed by atoms with E-state index in [1.807, 2.05) is 0 Å². The molecule has 0 bridgehead atoms. The summed E-state index contributed by atoms with van der Waals surface area (Å²) in [6.45, 7) is 4.42. The maximum absolute atomic E-state index is 12.1. The summed E-state index contributed by atoms with van der Waals surface area (Å²) in [4.78, 5) is 14.8. The van der Waals surface area contributed by atoms with Gasteiger partial charge in [0.1, 0.15) is 0 Å². The first-order chi connectivity index (χ1) is 11.0. The summed E-state index contributed by atoms with van der Waals surface area (Å²) in [5, 5.41) is 2.85. The third kappa shape index (κ3) is 3.59. The number of aryl methyl sites for hydroxylation is 3. The smallest absolute Gasteiger partial charge is 0.231 e. The Morgan fingerprint density at radius 3 is 2.70 bits per heavy atom. The summed E-state index contributed by atoms with van der Waals surface area (Å²) in [6, 6.07) is 5.59. The molecule has 0 atom stereocenters. The van der Waals surface area contributed by atoms with Crippen LogP contribution in [0.1, 0.15) is 28.2 Å². The highest BCUT2D eigenvalue weighted by atomic mass is 32.1. The zero-order valence-electron chi connectivity index (χ0n) is 13.3. The lowest BCUT2D eigenvalue weighted by Gasteiger charge is -2.09. The van der Waals surface area contributed by atoms with Gasteiger partial charge in [0, 0.05) is 28.3 Å². The van der Waals surface area contributed by atoms with E-state index in [1.165, 1.54) is 15.3 Å². The van der Waals surface area contributed by atoms with Crippen LogP contribution in [0.25, 0.3) is 0 Å². The molecule has 0 aliphatic carbocycles. The molecule has 0 saturated carbocycles. The third-order valence-corrected chi connectivity index (χ3v) is 4.82. The summed E-state index contributed by atoms with van der Waals surface area (Å²) < 4.78 is 10.6. The maximum Gasteiger partial charge on any atom is 0.231 e. The van der Waals surface area contributed by atoms with E-state index in [9.17, 15) is 4.79 Å². The number of benzene rings is 1. The Morgan fingerprint density at radius 1 is 1.26 bits per heavy atom. The Hall–Kier alpha value is -2.21. The molecule has 2 aromatic rings. The minimum atomic E-state index is -0.0415. The van der Waals surface area contributed by atoms with Crippen LogP contribution in [0.5, 0.6) is 11.5 Å². The van der Waals surface area contributed by atoms with Crippen molar-refractivity contribution in [3.8, 4) is 11.5 Å². The second kappa shape index (κ2) is 6.50. The van der Waals surface area contributed by atoms with E-state index in [4.69, 9.17) is 15.2 Å². The van der Waals surface area contributed by atoms with Crippen molar-refractivity contribution in [2.45, 2.75) is 33.1 Å². The summed E-state index contributed by atoms with van der Waals surface area (Å²) >= 11 is 1.80. The average molecular weight is 332 g/mol. The van der Waals surface area contributed by atoms with Crippen molar-refractivity contribution in [1.29, 1.82) is 0 Å². The van der Waals surface area contributed by atoms with Gasteiger partial charge in [0.25, 0.3) is 0 Å². The number of thiophene rings is 1. The predicted molar refractivity (Wildman–Crippen MR) is 92.3 cm³/mol. The predicted octanol–water partition coefficient (Wildman–Crippen LogP) is 3.64. The molecule has 1 aliphatic rings. The highest BCUT2D eigenvalue weighted by Crippen LogP contribution is 2.38. The van der Waals surface area contributed by atoms with Crippen LogP contribution in [-0.4, -0.2) is 12.7 Å². The minimum Gasteiger partial charge on any atom is -0.454 e. The number of nitrogen functional groups attached to an aromatic ring is 1. The summed E-state index contributed by atoms with van der Waals surface area (Å²) in [5.41, 5.74) is 8.32. The number of fused-ring (bicyclic) bond motifs is 1. The van der Waals surface area contributed by atoms with E-state index in [0.29, 0.717) is 29.3 Å². The highest BCUT2D eigenvalue weighted by Gasteiger charge is 2.17. The molecule has 0 unspecified atom stereocenters. The standard InChI is InChI=1S/C17H20N2O3S/c1-10-6-12(11(2)23-10)4-3-5-17(20)19-14-8-16-15(7-13(14)18)21-9-22-16/h6-8H,3-5,9,18H2,1-2H3,(H,19,20). The number of carbonyl (C=O) groups is 1. The van der Waals surface area contributed by atoms with Crippen LogP contribution in [0.15, 0.2) is 18.2 Å². The first kappa shape index (κ1) is 15.7. The van der Waals surface area contributed by atoms with E-state index in [2.05, 4.69) is 25.2 Å². The Balaban J connectivity index is 1.54. The van der Waals surface area contributed by atoms with Crippen molar-refractivity contribution in [3.05, 3.63) is 33.5 Å². The lowest BCUT2D eigenvalue weighted by molar-refractivity contribution is -0.116. The largest absolute Gasteiger partial charge is 0.454 e. The zero-order chi connectivity index (χ0) is 16.4. The molecule has 5 nitrogen and oxygen atoms in total. The molecule has 0 fully saturated rings. The topological polar surface area (TPSA) is 73.6 Å². The molecule has 0 radical (unpaired) electrons. The fourth-order valence-corrected chi connectivity index (χ4v) is 3.63. The van der Waals surface area contributed by atoms with E-state index >= 15 is 0 Å². The van der Waals surface area contributed by atoms with E-state index < -0.39 is 0 Å². The van der Waals surface area contributed by atoms with Gasteiger partial charge in [-0.15, -0.1) is 11.3 Å². The van der Waals surface area contributed by atoms with Crippen LogP contribution in [0.4, 0.5) is 11.4 Å². The van der Waals surface area contributed by atoms with Gasteiger partial charge in [-0.05, 0) is 38.3 Å². The molecule has 23 heavy (non-hydrogen) atoms. The van der Waals surface area contributed by atoms with E-state index in [1.54, 1.807) is 23.5 Å². The molecule has 122 valence electrons. The van der Waals surface area contributed by atoms with Crippen LogP contribution in [0.2, 0.25) is 0 Å². The van der Waals surface area contributed by atoms with E-state index in [-0.39, 0.29) is 12.7 Å². The second-order valence-electron chi connectivity index (χ2n) is 5.63. The van der Waals surface area contributed by atoms with Gasteiger partial charge in [0.05, 0.1) is 11.4 Å². The molecule has 3 N–H and O–H groups in total. The van der Waals surface area contributed by atoms with Crippen molar-refractivity contribution < 1.29 is 14.3 Å². The van der Waals surface area contributed by atoms with Gasteiger partial charge in [0.2, 0.25) is 12.7 Å². The Bertz CT molecular complexity index is 740. The molecule has 0 spiro atoms. The van der Waals surface area contributed by atoms with Gasteiger partial charge in [-0.2, -0.15) is 0 Å². The Labute approximate surface area is 139 Å². The first-order valence-electron chi connectivity index (χ1n) is 7.58. The van der Waals surface area contributed by atoms with Crippen molar-refractivity contribution in [1.82, 2.24) is 0 Å². The number of nitrogens with one attached hydrogen (secondary N) is 1. The number of ether oxygens (including phenoxy) is 2. The van der Waals surface area contributed by atoms with Gasteiger partial charge in [-0.25, -0.2) is 0 Å². The summed E-state index contributed by atoms with van der Waals surface area (Å²) in [6.07, 6.45) is 2.19. The number of nitrogens with two attached hydrogens (primary N) is 1. The lowest BCUT2D eigenvalue weighted by atomic mass is 10.1. The monoisotopic (exact) mass is 332 g/mol. The number of anilines is 2. The quantitative estimate of drug-likeness (QED) is 0.820. The second-order valence-corrected chi connectivity index (χ2v) is 7.09. The molecule has 2 heterocycles. The number of rotatable bonds is 5. The highest BCUT2D eigenvalue weighted by molar-refractivity contribution is 7.12. The SMILES string of the molecule is Cc1cc(CCCC(=O)Nc2cc3c(cc2N)OCO3)c(C)s1. The zero-order valence-corrected chi connectivity index (χ0v) is 14.1. The van der Waals surface area contributed by atoms with Crippen molar-refractivity contribution in [2.75, 3.05) is 17.8 Å². The molecular weight excluding hydrogens is 312 g/mol. The van der Waals surface area contributed by atoms with Crippen LogP contribution in [0.3, 0.4) is 0 Å². The minimum absolute atomic E-state index is 0.0415. The van der Waals surface area contributed by atoms with E-state index in [0.717, 1.165) is 12.8 Å². The fourth-order valence-electron chi connectivity index (χ4n) is 2.65. The Kier molecular flexibility index (Phi) is 4.43. The average Bonchev–Trinajstić information content (AvgIpc) is 3.05. The van der Waals surface area contributed by atoms with Crippen molar-refractivity contribution in [3.63, 3.8) is 0 Å². The van der Waals surface area contributed by atoms with Crippen LogP contribution in [-0.2, 0) is 11.2 Å². The van der Waals surface area contributed by atoms with Crippen LogP contribution in [0, 0.1) is 13.8 Å². The molecule has 1 aliphatic heterocycles. The lowest BCUT2D eigenvalue weighted by Crippen LogP contribution is -2.13. The maximum atomic E-state index is 12.1. The molecule has 1 aromatic carbocycles. The third-order valence-electron chi connectivity index (χ3n) is 3.81. The van der Waals surface area contributed by atoms with Crippen LogP contribution >= 0.6 is 11.3 Å². The number of hydrogen-bond donors (Lipinski definition) is 2. The Morgan fingerprint density at radius 2 is 2.00 bits per heavy atom. The number of amides is 1. The number of hydrogen-bond acceptors (Lipinski definition) is 5. The summed E-state index contributed by atoms with van der Waals surface area (Å²) in [5.74, 6) is 1.18. The normalized spacial score (nSPS) is 12.4. The molecule has 0 saturated heterocycles. The molecule has 6 heteroatoms. The van der Waals surface area contributed by atoms with Gasteiger partial charge in [0.15, 0.2) is 11.5 Å². The van der Waals surface area contributed by atoms with Gasteiger partial charge in [-0.3, -0.25) is 4.79 Å². The molecule has 3 rings (SSSR count). The molecule has 1 amide bonds.